The van der Waals surface area contributed by atoms with Crippen LogP contribution in [0.25, 0.3) is 0 Å². The van der Waals surface area contributed by atoms with Crippen molar-refractivity contribution in [2.24, 2.45) is 0 Å². The summed E-state index contributed by atoms with van der Waals surface area (Å²) in [4.78, 5) is 0.124. The lowest BCUT2D eigenvalue weighted by molar-refractivity contribution is 0.410. The van der Waals surface area contributed by atoms with Crippen LogP contribution in [0, 0.1) is 27.7 Å². The topological polar surface area (TPSA) is 9.23 Å². The van der Waals surface area contributed by atoms with Gasteiger partial charge in [-0.1, -0.05) is 44.0 Å². The normalized spacial score (nSPS) is 12.3. The number of methoxy groups -OCH3 is 1. The lowest BCUT2D eigenvalue weighted by atomic mass is 9.90. The van der Waals surface area contributed by atoms with Crippen molar-refractivity contribution in [3.8, 4) is 5.75 Å². The highest BCUT2D eigenvalue weighted by Crippen LogP contribution is 2.41. The van der Waals surface area contributed by atoms with E-state index in [0.717, 1.165) is 15.8 Å². The molecule has 1 atom stereocenters. The number of rotatable bonds is 3. The van der Waals surface area contributed by atoms with Crippen LogP contribution in [-0.4, -0.2) is 7.11 Å². The van der Waals surface area contributed by atoms with Crippen molar-refractivity contribution in [2.75, 3.05) is 7.11 Å². The van der Waals surface area contributed by atoms with Crippen molar-refractivity contribution < 1.29 is 4.74 Å². The first-order valence-electron chi connectivity index (χ1n) is 6.91. The molecule has 0 bridgehead atoms. The zero-order valence-corrected chi connectivity index (χ0v) is 16.2. The van der Waals surface area contributed by atoms with Gasteiger partial charge in [-0.3, -0.25) is 0 Å². The molecular formula is C18H20Br2O. The average Bonchev–Trinajstić information content (AvgIpc) is 2.45. The van der Waals surface area contributed by atoms with Crippen LogP contribution < -0.4 is 4.74 Å². The summed E-state index contributed by atoms with van der Waals surface area (Å²) in [5.41, 5.74) is 7.82. The fourth-order valence-corrected chi connectivity index (χ4v) is 4.08. The summed E-state index contributed by atoms with van der Waals surface area (Å²) >= 11 is 7.38. The van der Waals surface area contributed by atoms with Crippen LogP contribution in [0.1, 0.15) is 38.2 Å². The Kier molecular flexibility index (Phi) is 5.15. The Hall–Kier alpha value is -0.800. The van der Waals surface area contributed by atoms with Gasteiger partial charge in [0.1, 0.15) is 5.75 Å². The number of hydrogen-bond donors (Lipinski definition) is 0. The van der Waals surface area contributed by atoms with Crippen LogP contribution in [-0.2, 0) is 0 Å². The average molecular weight is 412 g/mol. The van der Waals surface area contributed by atoms with Gasteiger partial charge in [0.15, 0.2) is 0 Å². The van der Waals surface area contributed by atoms with Crippen LogP contribution in [0.3, 0.4) is 0 Å². The van der Waals surface area contributed by atoms with E-state index in [2.05, 4.69) is 77.8 Å². The van der Waals surface area contributed by atoms with E-state index in [-0.39, 0.29) is 4.83 Å². The minimum absolute atomic E-state index is 0.124. The highest BCUT2D eigenvalue weighted by molar-refractivity contribution is 9.10. The van der Waals surface area contributed by atoms with Crippen molar-refractivity contribution in [1.82, 2.24) is 0 Å². The van der Waals surface area contributed by atoms with Crippen molar-refractivity contribution in [3.63, 3.8) is 0 Å². The molecule has 2 aromatic rings. The summed E-state index contributed by atoms with van der Waals surface area (Å²) in [5, 5.41) is 0. The molecule has 0 radical (unpaired) electrons. The first-order chi connectivity index (χ1) is 9.86. The van der Waals surface area contributed by atoms with Crippen molar-refractivity contribution in [3.05, 3.63) is 62.1 Å². The van der Waals surface area contributed by atoms with Crippen molar-refractivity contribution >= 4 is 31.9 Å². The Labute approximate surface area is 144 Å². The van der Waals surface area contributed by atoms with E-state index >= 15 is 0 Å². The molecule has 0 heterocycles. The molecule has 0 spiro atoms. The van der Waals surface area contributed by atoms with Crippen LogP contribution >= 0.6 is 31.9 Å². The third-order valence-electron chi connectivity index (χ3n) is 4.15. The van der Waals surface area contributed by atoms with Crippen LogP contribution in [0.15, 0.2) is 28.7 Å². The zero-order valence-electron chi connectivity index (χ0n) is 13.1. The summed E-state index contributed by atoms with van der Waals surface area (Å²) in [6.07, 6.45) is 0. The Morgan fingerprint density at radius 1 is 0.952 bits per heavy atom. The fraction of sp³-hybridized carbons (Fsp3) is 0.333. The maximum absolute atomic E-state index is 5.55. The van der Waals surface area contributed by atoms with E-state index in [1.807, 2.05) is 6.07 Å². The molecular weight excluding hydrogens is 392 g/mol. The number of alkyl halides is 1. The van der Waals surface area contributed by atoms with E-state index in [0.29, 0.717) is 0 Å². The van der Waals surface area contributed by atoms with Gasteiger partial charge in [-0.05, 0) is 67.6 Å². The first-order valence-corrected chi connectivity index (χ1v) is 8.62. The molecule has 0 N–H and O–H groups in total. The van der Waals surface area contributed by atoms with E-state index in [1.54, 1.807) is 7.11 Å². The zero-order chi connectivity index (χ0) is 15.7. The van der Waals surface area contributed by atoms with Gasteiger partial charge >= 0.3 is 0 Å². The van der Waals surface area contributed by atoms with Crippen molar-refractivity contribution in [2.45, 2.75) is 32.5 Å². The molecule has 0 aliphatic rings. The largest absolute Gasteiger partial charge is 0.496 e. The van der Waals surface area contributed by atoms with Gasteiger partial charge in [0.2, 0.25) is 0 Å². The number of aryl methyl sites for hydroxylation is 2. The van der Waals surface area contributed by atoms with Crippen LogP contribution in [0.5, 0.6) is 5.75 Å². The molecule has 3 heteroatoms. The summed E-state index contributed by atoms with van der Waals surface area (Å²) in [5.74, 6) is 0.893. The molecule has 0 saturated carbocycles. The number of ether oxygens (including phenoxy) is 1. The second kappa shape index (κ2) is 6.53. The number of benzene rings is 2. The van der Waals surface area contributed by atoms with Gasteiger partial charge in [0, 0.05) is 10.0 Å². The maximum Gasteiger partial charge on any atom is 0.124 e. The lowest BCUT2D eigenvalue weighted by Gasteiger charge is -2.22. The predicted octanol–water partition coefficient (Wildman–Crippen LogP) is 6.18. The summed E-state index contributed by atoms with van der Waals surface area (Å²) in [6, 6.07) is 8.43. The monoisotopic (exact) mass is 410 g/mol. The summed E-state index contributed by atoms with van der Waals surface area (Å²) < 4.78 is 6.57. The Bertz CT molecular complexity index is 651. The highest BCUT2D eigenvalue weighted by atomic mass is 79.9. The summed E-state index contributed by atoms with van der Waals surface area (Å²) in [6.45, 7) is 8.72. The van der Waals surface area contributed by atoms with Gasteiger partial charge in [0.25, 0.3) is 0 Å². The molecule has 112 valence electrons. The molecule has 0 saturated heterocycles. The third-order valence-corrected chi connectivity index (χ3v) is 5.59. The van der Waals surface area contributed by atoms with Crippen molar-refractivity contribution in [1.29, 1.82) is 0 Å². The fourth-order valence-electron chi connectivity index (χ4n) is 2.68. The minimum atomic E-state index is 0.124. The van der Waals surface area contributed by atoms with E-state index < -0.39 is 0 Å². The second-order valence-corrected chi connectivity index (χ2v) is 7.25. The predicted molar refractivity (Wildman–Crippen MR) is 96.9 cm³/mol. The first kappa shape index (κ1) is 16.6. The van der Waals surface area contributed by atoms with Gasteiger partial charge < -0.3 is 4.74 Å². The molecule has 2 rings (SSSR count). The Balaban J connectivity index is 2.63. The van der Waals surface area contributed by atoms with Gasteiger partial charge in [-0.15, -0.1) is 0 Å². The Morgan fingerprint density at radius 3 is 2.05 bits per heavy atom. The van der Waals surface area contributed by atoms with Gasteiger partial charge in [0.05, 0.1) is 11.9 Å². The SMILES string of the molecule is COc1cc(Br)ccc1C(Br)c1c(C)c(C)cc(C)c1C. The smallest absolute Gasteiger partial charge is 0.124 e. The molecule has 0 aliphatic carbocycles. The molecule has 21 heavy (non-hydrogen) atoms. The maximum atomic E-state index is 5.55. The van der Waals surface area contributed by atoms with Gasteiger partial charge in [-0.25, -0.2) is 0 Å². The number of hydrogen-bond acceptors (Lipinski definition) is 1. The molecule has 1 nitrogen and oxygen atoms in total. The molecule has 0 amide bonds. The molecule has 2 aromatic carbocycles. The Morgan fingerprint density at radius 2 is 1.52 bits per heavy atom. The summed E-state index contributed by atoms with van der Waals surface area (Å²) in [7, 11) is 1.71. The standard InChI is InChI=1S/C18H20Br2O/c1-10-8-11(2)13(4)17(12(10)3)18(20)15-7-6-14(19)9-16(15)21-5/h6-9,18H,1-5H3. The third kappa shape index (κ3) is 3.19. The molecule has 0 fully saturated rings. The van der Waals surface area contributed by atoms with E-state index in [9.17, 15) is 0 Å². The highest BCUT2D eigenvalue weighted by Gasteiger charge is 2.21. The molecule has 0 aliphatic heterocycles. The lowest BCUT2D eigenvalue weighted by Crippen LogP contribution is -2.04. The quantitative estimate of drug-likeness (QED) is 0.548. The van der Waals surface area contributed by atoms with Gasteiger partial charge in [-0.2, -0.15) is 0 Å². The second-order valence-electron chi connectivity index (χ2n) is 5.42. The number of halogens is 2. The van der Waals surface area contributed by atoms with E-state index in [1.165, 1.54) is 27.8 Å². The molecule has 1 unspecified atom stereocenters. The minimum Gasteiger partial charge on any atom is -0.496 e. The van der Waals surface area contributed by atoms with Crippen LogP contribution in [0.2, 0.25) is 0 Å². The van der Waals surface area contributed by atoms with Crippen LogP contribution in [0.4, 0.5) is 0 Å². The van der Waals surface area contributed by atoms with E-state index in [4.69, 9.17) is 4.74 Å². The molecule has 0 aromatic heterocycles.